The Morgan fingerprint density at radius 1 is 1.55 bits per heavy atom. The van der Waals surface area contributed by atoms with Gasteiger partial charge < -0.3 is 0 Å². The highest BCUT2D eigenvalue weighted by Gasteiger charge is 2.03. The number of hydrogen-bond acceptors (Lipinski definition) is 2. The Morgan fingerprint density at radius 2 is 2.36 bits per heavy atom. The summed E-state index contributed by atoms with van der Waals surface area (Å²) in [4.78, 5) is 0. The number of aromatic nitrogens is 3. The van der Waals surface area contributed by atoms with Crippen molar-refractivity contribution in [3.63, 3.8) is 0 Å². The molecule has 56 valence electrons. The molecule has 0 bridgehead atoms. The van der Waals surface area contributed by atoms with Crippen LogP contribution >= 0.6 is 27.5 Å². The molecule has 0 aliphatic heterocycles. The molecule has 2 heterocycles. The average Bonchev–Trinajstić information content (AvgIpc) is 2.45. The van der Waals surface area contributed by atoms with Gasteiger partial charge in [0, 0.05) is 6.20 Å². The molecule has 0 spiro atoms. The zero-order chi connectivity index (χ0) is 7.84. The lowest BCUT2D eigenvalue weighted by Gasteiger charge is -1.95. The molecule has 5 heteroatoms. The summed E-state index contributed by atoms with van der Waals surface area (Å²) >= 11 is 9.12. The van der Waals surface area contributed by atoms with Crippen molar-refractivity contribution in [2.24, 2.45) is 0 Å². The fourth-order valence-electron chi connectivity index (χ4n) is 0.835. The summed E-state index contributed by atoms with van der Waals surface area (Å²) in [7, 11) is 0. The summed E-state index contributed by atoms with van der Waals surface area (Å²) in [5.74, 6) is 0. The second-order valence-electron chi connectivity index (χ2n) is 2.04. The van der Waals surface area contributed by atoms with E-state index in [-0.39, 0.29) is 0 Å². The number of halogens is 2. The molecule has 11 heavy (non-hydrogen) atoms. The lowest BCUT2D eigenvalue weighted by atomic mass is 10.5. The molecule has 0 fully saturated rings. The minimum atomic E-state index is 0.644. The van der Waals surface area contributed by atoms with Gasteiger partial charge in [-0.3, -0.25) is 4.40 Å². The number of nitrogens with zero attached hydrogens (tertiary/aromatic N) is 3. The fraction of sp³-hybridized carbons (Fsp3) is 0. The number of rotatable bonds is 0. The highest BCUT2D eigenvalue weighted by atomic mass is 79.9. The first-order valence-corrected chi connectivity index (χ1v) is 4.09. The van der Waals surface area contributed by atoms with Crippen molar-refractivity contribution in [2.75, 3.05) is 0 Å². The van der Waals surface area contributed by atoms with E-state index in [2.05, 4.69) is 26.1 Å². The van der Waals surface area contributed by atoms with Crippen molar-refractivity contribution in [1.29, 1.82) is 0 Å². The van der Waals surface area contributed by atoms with Crippen LogP contribution in [0.25, 0.3) is 5.65 Å². The zero-order valence-corrected chi connectivity index (χ0v) is 7.67. The third kappa shape index (κ3) is 1.02. The highest BCUT2D eigenvalue weighted by Crippen LogP contribution is 2.24. The molecule has 0 aliphatic rings. The monoisotopic (exact) mass is 231 g/mol. The number of fused-ring (bicyclic) bond motifs is 1. The molecule has 0 unspecified atom stereocenters. The average molecular weight is 232 g/mol. The van der Waals surface area contributed by atoms with E-state index in [9.17, 15) is 0 Å². The summed E-state index contributed by atoms with van der Waals surface area (Å²) in [6, 6.07) is 1.78. The van der Waals surface area contributed by atoms with Crippen LogP contribution in [0, 0.1) is 0 Å². The van der Waals surface area contributed by atoms with Gasteiger partial charge in [0.15, 0.2) is 5.65 Å². The molecule has 3 nitrogen and oxygen atoms in total. The van der Waals surface area contributed by atoms with Gasteiger partial charge in [0.2, 0.25) is 0 Å². The van der Waals surface area contributed by atoms with Crippen LogP contribution in [-0.4, -0.2) is 14.6 Å². The van der Waals surface area contributed by atoms with Crippen molar-refractivity contribution in [3.05, 3.63) is 28.1 Å². The van der Waals surface area contributed by atoms with E-state index in [0.29, 0.717) is 5.02 Å². The SMILES string of the molecule is Clc1ccn2cnnc2c1Br. The van der Waals surface area contributed by atoms with Crippen LogP contribution in [0.1, 0.15) is 0 Å². The molecule has 0 saturated carbocycles. The molecule has 2 aromatic rings. The van der Waals surface area contributed by atoms with Gasteiger partial charge in [-0.25, -0.2) is 0 Å². The van der Waals surface area contributed by atoms with Gasteiger partial charge in [0.05, 0.1) is 9.50 Å². The molecule has 2 rings (SSSR count). The second-order valence-corrected chi connectivity index (χ2v) is 3.24. The van der Waals surface area contributed by atoms with Gasteiger partial charge in [0.1, 0.15) is 6.33 Å². The maximum atomic E-state index is 5.82. The summed E-state index contributed by atoms with van der Waals surface area (Å²) in [6.45, 7) is 0. The topological polar surface area (TPSA) is 30.2 Å². The van der Waals surface area contributed by atoms with Crippen molar-refractivity contribution >= 4 is 33.2 Å². The largest absolute Gasteiger partial charge is 0.288 e. The normalized spacial score (nSPS) is 10.7. The summed E-state index contributed by atoms with van der Waals surface area (Å²) < 4.78 is 2.56. The first-order chi connectivity index (χ1) is 5.29. The van der Waals surface area contributed by atoms with Gasteiger partial charge >= 0.3 is 0 Å². The quantitative estimate of drug-likeness (QED) is 0.697. The van der Waals surface area contributed by atoms with Crippen molar-refractivity contribution in [3.8, 4) is 0 Å². The fourth-order valence-corrected chi connectivity index (χ4v) is 1.39. The highest BCUT2D eigenvalue weighted by molar-refractivity contribution is 9.10. The third-order valence-electron chi connectivity index (χ3n) is 1.36. The van der Waals surface area contributed by atoms with E-state index in [1.165, 1.54) is 0 Å². The predicted molar refractivity (Wildman–Crippen MR) is 45.7 cm³/mol. The summed E-state index contributed by atoms with van der Waals surface area (Å²) in [5.41, 5.74) is 0.734. The minimum absolute atomic E-state index is 0.644. The smallest absolute Gasteiger partial charge is 0.176 e. The Hall–Kier alpha value is -0.610. The van der Waals surface area contributed by atoms with E-state index in [4.69, 9.17) is 11.6 Å². The standard InChI is InChI=1S/C6H3BrClN3/c7-5-4(8)1-2-11-3-9-10-6(5)11/h1-3H. The van der Waals surface area contributed by atoms with E-state index in [0.717, 1.165) is 10.1 Å². The predicted octanol–water partition coefficient (Wildman–Crippen LogP) is 2.15. The molecule has 0 N–H and O–H groups in total. The molecule has 2 aromatic heterocycles. The number of pyridine rings is 1. The van der Waals surface area contributed by atoms with E-state index in [1.807, 2.05) is 6.20 Å². The van der Waals surface area contributed by atoms with Crippen LogP contribution in [-0.2, 0) is 0 Å². The molecule has 0 amide bonds. The van der Waals surface area contributed by atoms with E-state index < -0.39 is 0 Å². The maximum absolute atomic E-state index is 5.82. The van der Waals surface area contributed by atoms with E-state index in [1.54, 1.807) is 16.8 Å². The van der Waals surface area contributed by atoms with Crippen LogP contribution in [0.5, 0.6) is 0 Å². The van der Waals surface area contributed by atoms with Gasteiger partial charge in [-0.2, -0.15) is 0 Å². The summed E-state index contributed by atoms with van der Waals surface area (Å²) in [5, 5.41) is 8.23. The lowest BCUT2D eigenvalue weighted by molar-refractivity contribution is 1.10. The number of hydrogen-bond donors (Lipinski definition) is 0. The Morgan fingerprint density at radius 3 is 3.18 bits per heavy atom. The molecular formula is C6H3BrClN3. The van der Waals surface area contributed by atoms with Crippen LogP contribution in [0.15, 0.2) is 23.1 Å². The van der Waals surface area contributed by atoms with Gasteiger partial charge in [-0.15, -0.1) is 10.2 Å². The van der Waals surface area contributed by atoms with Gasteiger partial charge in [-0.05, 0) is 22.0 Å². The van der Waals surface area contributed by atoms with Crippen molar-refractivity contribution in [1.82, 2.24) is 14.6 Å². The van der Waals surface area contributed by atoms with Crippen molar-refractivity contribution in [2.45, 2.75) is 0 Å². The molecule has 0 radical (unpaired) electrons. The molecule has 0 saturated heterocycles. The first kappa shape index (κ1) is 7.06. The first-order valence-electron chi connectivity index (χ1n) is 2.92. The van der Waals surface area contributed by atoms with E-state index >= 15 is 0 Å². The molecular weight excluding hydrogens is 229 g/mol. The Balaban J connectivity index is 2.93. The molecule has 0 aromatic carbocycles. The maximum Gasteiger partial charge on any atom is 0.176 e. The summed E-state index contributed by atoms with van der Waals surface area (Å²) in [6.07, 6.45) is 3.43. The van der Waals surface area contributed by atoms with Crippen LogP contribution in [0.2, 0.25) is 5.02 Å². The van der Waals surface area contributed by atoms with Crippen molar-refractivity contribution < 1.29 is 0 Å². The van der Waals surface area contributed by atoms with Gasteiger partial charge in [-0.1, -0.05) is 11.6 Å². The molecule has 0 atom stereocenters. The minimum Gasteiger partial charge on any atom is -0.288 e. The second kappa shape index (κ2) is 2.46. The third-order valence-corrected chi connectivity index (χ3v) is 2.69. The molecule has 0 aliphatic carbocycles. The van der Waals surface area contributed by atoms with Gasteiger partial charge in [0.25, 0.3) is 0 Å². The Bertz CT molecular complexity index is 398. The van der Waals surface area contributed by atoms with Crippen LogP contribution < -0.4 is 0 Å². The zero-order valence-electron chi connectivity index (χ0n) is 5.33. The Kier molecular flexibility index (Phi) is 1.58. The Labute approximate surface area is 76.1 Å². The van der Waals surface area contributed by atoms with Crippen LogP contribution in [0.3, 0.4) is 0 Å². The van der Waals surface area contributed by atoms with Crippen LogP contribution in [0.4, 0.5) is 0 Å². The lowest BCUT2D eigenvalue weighted by Crippen LogP contribution is -1.83.